The molecule has 0 aliphatic carbocycles. The van der Waals surface area contributed by atoms with Crippen LogP contribution in [0, 0.1) is 0 Å². The zero-order chi connectivity index (χ0) is 17.3. The zero-order valence-electron chi connectivity index (χ0n) is 14.1. The molecule has 0 saturated heterocycles. The van der Waals surface area contributed by atoms with Crippen LogP contribution in [0.4, 0.5) is 11.4 Å². The van der Waals surface area contributed by atoms with E-state index in [0.717, 1.165) is 42.7 Å². The van der Waals surface area contributed by atoms with Gasteiger partial charge in [0.15, 0.2) is 0 Å². The molecule has 128 valence electrons. The third kappa shape index (κ3) is 3.26. The molecule has 24 heavy (non-hydrogen) atoms. The van der Waals surface area contributed by atoms with Gasteiger partial charge in [-0.25, -0.2) is 0 Å². The molecule has 3 amide bonds. The first-order valence-electron chi connectivity index (χ1n) is 8.30. The Bertz CT molecular complexity index is 699. The molecule has 0 aromatic heterocycles. The smallest absolute Gasteiger partial charge is 0.313 e. The van der Waals surface area contributed by atoms with E-state index in [0.29, 0.717) is 18.7 Å². The lowest BCUT2D eigenvalue weighted by Gasteiger charge is -2.26. The average molecular weight is 331 g/mol. The molecule has 1 aromatic rings. The summed E-state index contributed by atoms with van der Waals surface area (Å²) in [5, 5.41) is 5.26. The highest BCUT2D eigenvalue weighted by molar-refractivity contribution is 6.39. The van der Waals surface area contributed by atoms with Crippen molar-refractivity contribution < 1.29 is 19.3 Å². The standard InChI is InChI=1S/C17H22N4O3/c1-20(2)7-5-18-16(23)17(24)19-13-8-11-4-3-6-21-14(22)10-12(9-13)15(11)21/h8-9H,3-7,10H2,1-2H3,(H,18,23)(H,19,24)/p+1. The van der Waals surface area contributed by atoms with Crippen LogP contribution in [-0.4, -0.2) is 51.5 Å². The third-order valence-electron chi connectivity index (χ3n) is 4.38. The van der Waals surface area contributed by atoms with Crippen molar-refractivity contribution in [1.82, 2.24) is 5.32 Å². The number of nitrogens with one attached hydrogen (secondary N) is 3. The van der Waals surface area contributed by atoms with E-state index in [2.05, 4.69) is 10.6 Å². The van der Waals surface area contributed by atoms with Gasteiger partial charge in [0.05, 0.1) is 39.3 Å². The topological polar surface area (TPSA) is 83.0 Å². The summed E-state index contributed by atoms with van der Waals surface area (Å²) in [5.41, 5.74) is 3.59. The summed E-state index contributed by atoms with van der Waals surface area (Å²) in [4.78, 5) is 38.9. The first kappa shape index (κ1) is 16.4. The molecule has 0 spiro atoms. The van der Waals surface area contributed by atoms with Crippen molar-refractivity contribution in [2.75, 3.05) is 43.9 Å². The number of nitrogens with zero attached hydrogens (tertiary/aromatic N) is 1. The van der Waals surface area contributed by atoms with Gasteiger partial charge in [-0.1, -0.05) is 0 Å². The van der Waals surface area contributed by atoms with Crippen LogP contribution in [0.15, 0.2) is 12.1 Å². The first-order chi connectivity index (χ1) is 11.5. The Labute approximate surface area is 141 Å². The van der Waals surface area contributed by atoms with Gasteiger partial charge in [0, 0.05) is 12.2 Å². The predicted octanol–water partition coefficient (Wildman–Crippen LogP) is -1.28. The Hall–Kier alpha value is -2.41. The molecule has 3 rings (SSSR count). The molecule has 2 aliphatic rings. The lowest BCUT2D eigenvalue weighted by Crippen LogP contribution is -3.06. The number of likely N-dealkylation sites (N-methyl/N-ethyl adjacent to an activating group) is 1. The normalized spacial score (nSPS) is 15.5. The maximum absolute atomic E-state index is 12.0. The van der Waals surface area contributed by atoms with Crippen LogP contribution in [0.25, 0.3) is 0 Å². The molecule has 7 nitrogen and oxygen atoms in total. The second-order valence-corrected chi connectivity index (χ2v) is 6.64. The van der Waals surface area contributed by atoms with Gasteiger partial charge in [-0.05, 0) is 36.1 Å². The third-order valence-corrected chi connectivity index (χ3v) is 4.38. The van der Waals surface area contributed by atoms with Crippen molar-refractivity contribution in [2.24, 2.45) is 0 Å². The van der Waals surface area contributed by atoms with Crippen LogP contribution < -0.4 is 20.4 Å². The minimum absolute atomic E-state index is 0.110. The Kier molecular flexibility index (Phi) is 4.53. The van der Waals surface area contributed by atoms with E-state index in [-0.39, 0.29) is 5.91 Å². The van der Waals surface area contributed by atoms with Gasteiger partial charge < -0.3 is 20.4 Å². The Balaban J connectivity index is 1.68. The molecule has 0 saturated carbocycles. The fourth-order valence-electron chi connectivity index (χ4n) is 3.25. The van der Waals surface area contributed by atoms with Crippen LogP contribution in [0.2, 0.25) is 0 Å². The number of quaternary nitrogens is 1. The van der Waals surface area contributed by atoms with Gasteiger partial charge in [0.2, 0.25) is 5.91 Å². The Morgan fingerprint density at radius 3 is 2.71 bits per heavy atom. The molecule has 0 radical (unpaired) electrons. The maximum atomic E-state index is 12.0. The molecule has 0 unspecified atom stereocenters. The Morgan fingerprint density at radius 1 is 1.21 bits per heavy atom. The summed E-state index contributed by atoms with van der Waals surface area (Å²) in [6.45, 7) is 1.97. The number of anilines is 2. The number of carbonyl (C=O) groups is 3. The van der Waals surface area contributed by atoms with Gasteiger partial charge >= 0.3 is 11.8 Å². The monoisotopic (exact) mass is 331 g/mol. The van der Waals surface area contributed by atoms with Crippen LogP contribution in [0.3, 0.4) is 0 Å². The lowest BCUT2D eigenvalue weighted by molar-refractivity contribution is -0.856. The SMILES string of the molecule is C[NH+](C)CCNC(=O)C(=O)Nc1cc2c3c(c1)CC(=O)N3CCC2. The molecule has 3 N–H and O–H groups in total. The van der Waals surface area contributed by atoms with Gasteiger partial charge in [-0.15, -0.1) is 0 Å². The molecule has 0 fully saturated rings. The van der Waals surface area contributed by atoms with E-state index >= 15 is 0 Å². The second kappa shape index (κ2) is 6.60. The summed E-state index contributed by atoms with van der Waals surface area (Å²) in [6, 6.07) is 3.68. The van der Waals surface area contributed by atoms with Gasteiger partial charge in [0.1, 0.15) is 0 Å². The fraction of sp³-hybridized carbons (Fsp3) is 0.471. The summed E-state index contributed by atoms with van der Waals surface area (Å²) in [6.07, 6.45) is 2.17. The Morgan fingerprint density at radius 2 is 1.96 bits per heavy atom. The van der Waals surface area contributed by atoms with Crippen molar-refractivity contribution >= 4 is 29.1 Å². The van der Waals surface area contributed by atoms with Crippen molar-refractivity contribution in [1.29, 1.82) is 0 Å². The van der Waals surface area contributed by atoms with E-state index in [1.807, 2.05) is 25.1 Å². The first-order valence-corrected chi connectivity index (χ1v) is 8.30. The largest absolute Gasteiger partial charge is 0.342 e. The highest BCUT2D eigenvalue weighted by Crippen LogP contribution is 2.38. The van der Waals surface area contributed by atoms with E-state index in [1.54, 1.807) is 6.07 Å². The van der Waals surface area contributed by atoms with Crippen molar-refractivity contribution in [3.8, 4) is 0 Å². The van der Waals surface area contributed by atoms with E-state index in [1.165, 1.54) is 4.90 Å². The number of rotatable bonds is 4. The number of hydrogen-bond acceptors (Lipinski definition) is 3. The molecule has 2 aliphatic heterocycles. The van der Waals surface area contributed by atoms with Crippen molar-refractivity contribution in [2.45, 2.75) is 19.3 Å². The summed E-state index contributed by atoms with van der Waals surface area (Å²) >= 11 is 0. The number of benzene rings is 1. The summed E-state index contributed by atoms with van der Waals surface area (Å²) < 4.78 is 0. The van der Waals surface area contributed by atoms with Crippen LogP contribution in [0.1, 0.15) is 17.5 Å². The number of hydrogen-bond donors (Lipinski definition) is 3. The van der Waals surface area contributed by atoms with E-state index in [9.17, 15) is 14.4 Å². The highest BCUT2D eigenvalue weighted by Gasteiger charge is 2.32. The minimum atomic E-state index is -0.673. The quantitative estimate of drug-likeness (QED) is 0.601. The molecule has 7 heteroatoms. The summed E-state index contributed by atoms with van der Waals surface area (Å²) in [7, 11) is 3.96. The summed E-state index contributed by atoms with van der Waals surface area (Å²) in [5.74, 6) is -1.20. The fourth-order valence-corrected chi connectivity index (χ4v) is 3.25. The van der Waals surface area contributed by atoms with Gasteiger partial charge in [0.25, 0.3) is 0 Å². The van der Waals surface area contributed by atoms with Crippen molar-refractivity contribution in [3.63, 3.8) is 0 Å². The zero-order valence-corrected chi connectivity index (χ0v) is 14.1. The number of amides is 3. The maximum Gasteiger partial charge on any atom is 0.313 e. The second-order valence-electron chi connectivity index (χ2n) is 6.64. The predicted molar refractivity (Wildman–Crippen MR) is 90.1 cm³/mol. The highest BCUT2D eigenvalue weighted by atomic mass is 16.2. The van der Waals surface area contributed by atoms with E-state index < -0.39 is 11.8 Å². The van der Waals surface area contributed by atoms with Gasteiger partial charge in [-0.2, -0.15) is 0 Å². The number of carbonyl (C=O) groups excluding carboxylic acids is 3. The molecule has 0 atom stereocenters. The van der Waals surface area contributed by atoms with Crippen LogP contribution in [-0.2, 0) is 27.2 Å². The lowest BCUT2D eigenvalue weighted by atomic mass is 9.99. The van der Waals surface area contributed by atoms with E-state index in [4.69, 9.17) is 0 Å². The molecular formula is C17H23N4O3+. The minimum Gasteiger partial charge on any atom is -0.342 e. The molecule has 2 heterocycles. The molecular weight excluding hydrogens is 308 g/mol. The molecule has 1 aromatic carbocycles. The van der Waals surface area contributed by atoms with Crippen LogP contribution in [0.5, 0.6) is 0 Å². The number of aryl methyl sites for hydroxylation is 1. The van der Waals surface area contributed by atoms with Gasteiger partial charge in [-0.3, -0.25) is 14.4 Å². The van der Waals surface area contributed by atoms with Crippen molar-refractivity contribution in [3.05, 3.63) is 23.3 Å². The molecule has 0 bridgehead atoms. The van der Waals surface area contributed by atoms with Crippen LogP contribution >= 0.6 is 0 Å². The average Bonchev–Trinajstić information content (AvgIpc) is 2.84.